The van der Waals surface area contributed by atoms with Gasteiger partial charge in [0, 0.05) is 5.39 Å². The van der Waals surface area contributed by atoms with Crippen molar-refractivity contribution in [1.82, 2.24) is 4.98 Å². The number of hydrogen-bond acceptors (Lipinski definition) is 5. The van der Waals surface area contributed by atoms with Crippen molar-refractivity contribution in [2.75, 3.05) is 0 Å². The van der Waals surface area contributed by atoms with E-state index < -0.39 is 5.09 Å². The zero-order valence-electron chi connectivity index (χ0n) is 9.95. The number of nitrogens with two attached hydrogens (primary N) is 2. The van der Waals surface area contributed by atoms with E-state index in [-0.39, 0.29) is 5.96 Å². The van der Waals surface area contributed by atoms with E-state index in [0.717, 1.165) is 16.6 Å². The van der Waals surface area contributed by atoms with Gasteiger partial charge in [-0.15, -0.1) is 0 Å². The summed E-state index contributed by atoms with van der Waals surface area (Å²) >= 11 is 0. The van der Waals surface area contributed by atoms with Crippen molar-refractivity contribution in [3.8, 4) is 0 Å². The molecule has 1 aromatic heterocycles. The van der Waals surface area contributed by atoms with E-state index in [2.05, 4.69) is 4.98 Å². The molecule has 0 spiro atoms. The maximum Gasteiger partial charge on any atom is 0.289 e. The third-order valence-electron chi connectivity index (χ3n) is 2.19. The second-order valence-corrected chi connectivity index (χ2v) is 3.58. The number of pyridine rings is 1. The molecule has 1 heterocycles. The van der Waals surface area contributed by atoms with Gasteiger partial charge in [-0.3, -0.25) is 5.32 Å². The predicted octanol–water partition coefficient (Wildman–Crippen LogP) is -0.0474. The summed E-state index contributed by atoms with van der Waals surface area (Å²) in [5.74, 6) is 0.0879. The van der Waals surface area contributed by atoms with Crippen molar-refractivity contribution in [2.45, 2.75) is 6.54 Å². The summed E-state index contributed by atoms with van der Waals surface area (Å²) in [4.78, 5) is 12.7. The van der Waals surface area contributed by atoms with Crippen LogP contribution in [0.5, 0.6) is 0 Å². The number of benzene rings is 1. The number of quaternary nitrogens is 1. The van der Waals surface area contributed by atoms with Gasteiger partial charge in [0.1, 0.15) is 6.54 Å². The number of nitrogens with one attached hydrogen (secondary N) is 1. The van der Waals surface area contributed by atoms with Gasteiger partial charge in [0.2, 0.25) is 0 Å². The van der Waals surface area contributed by atoms with E-state index in [4.69, 9.17) is 26.5 Å². The molecule has 0 aliphatic rings. The van der Waals surface area contributed by atoms with Crippen LogP contribution in [0.3, 0.4) is 0 Å². The Labute approximate surface area is 108 Å². The summed E-state index contributed by atoms with van der Waals surface area (Å²) in [5, 5.41) is 24.6. The first kappa shape index (κ1) is 14.3. The molecular formula is C11H13N5O3. The van der Waals surface area contributed by atoms with Gasteiger partial charge in [-0.2, -0.15) is 0 Å². The zero-order valence-corrected chi connectivity index (χ0v) is 9.95. The van der Waals surface area contributed by atoms with Gasteiger partial charge in [0.25, 0.3) is 5.96 Å². The Kier molecular flexibility index (Phi) is 5.17. The van der Waals surface area contributed by atoms with E-state index >= 15 is 0 Å². The summed E-state index contributed by atoms with van der Waals surface area (Å²) in [7, 11) is 0. The van der Waals surface area contributed by atoms with Gasteiger partial charge in [-0.05, 0) is 12.1 Å². The molecule has 0 amide bonds. The molecular weight excluding hydrogens is 250 g/mol. The first-order valence-corrected chi connectivity index (χ1v) is 5.32. The predicted molar refractivity (Wildman–Crippen MR) is 69.6 cm³/mol. The Balaban J connectivity index is 0.000000399. The van der Waals surface area contributed by atoms with Gasteiger partial charge < -0.3 is 21.1 Å². The molecule has 0 saturated carbocycles. The molecule has 0 unspecified atom stereocenters. The molecule has 0 bridgehead atoms. The van der Waals surface area contributed by atoms with Gasteiger partial charge in [-0.25, -0.2) is 10.4 Å². The minimum Gasteiger partial charge on any atom is -0.356 e. The third kappa shape index (κ3) is 5.41. The molecule has 2 rings (SSSR count). The summed E-state index contributed by atoms with van der Waals surface area (Å²) in [6.45, 7) is 0.611. The first-order chi connectivity index (χ1) is 8.99. The monoisotopic (exact) mass is 263 g/mol. The fraction of sp³-hybridized carbons (Fsp3) is 0.0909. The fourth-order valence-electron chi connectivity index (χ4n) is 1.44. The Hall–Kier alpha value is -2.74. The van der Waals surface area contributed by atoms with Crippen molar-refractivity contribution in [3.63, 3.8) is 0 Å². The lowest BCUT2D eigenvalue weighted by molar-refractivity contribution is -0.560. The van der Waals surface area contributed by atoms with Gasteiger partial charge in [0.05, 0.1) is 16.3 Å². The lowest BCUT2D eigenvalue weighted by Gasteiger charge is -2.00. The number of hydrogen-bond donors (Lipinski definition) is 3. The highest BCUT2D eigenvalue weighted by Gasteiger charge is 2.00. The maximum atomic E-state index is 8.25. The van der Waals surface area contributed by atoms with Crippen LogP contribution < -0.4 is 11.1 Å². The topological polar surface area (TPSA) is 146 Å². The van der Waals surface area contributed by atoms with Crippen LogP contribution in [-0.2, 0) is 6.54 Å². The van der Waals surface area contributed by atoms with Crippen molar-refractivity contribution >= 4 is 16.9 Å². The third-order valence-corrected chi connectivity index (χ3v) is 2.19. The van der Waals surface area contributed by atoms with Crippen LogP contribution in [0, 0.1) is 20.7 Å². The normalized spacial score (nSPS) is 9.47. The molecule has 0 radical (unpaired) electrons. The highest BCUT2D eigenvalue weighted by atomic mass is 16.9. The molecule has 1 aromatic carbocycles. The Morgan fingerprint density at radius 1 is 1.32 bits per heavy atom. The number of aromatic nitrogens is 1. The average Bonchev–Trinajstić information content (AvgIpc) is 2.35. The van der Waals surface area contributed by atoms with Crippen LogP contribution in [0.15, 0.2) is 36.4 Å². The number of guanidine groups is 1. The summed E-state index contributed by atoms with van der Waals surface area (Å²) < 4.78 is 0. The number of para-hydroxylation sites is 1. The molecule has 8 nitrogen and oxygen atoms in total. The summed E-state index contributed by atoms with van der Waals surface area (Å²) in [6, 6.07) is 12.0. The van der Waals surface area contributed by atoms with Crippen LogP contribution in [0.4, 0.5) is 0 Å². The molecule has 0 saturated heterocycles. The van der Waals surface area contributed by atoms with Crippen molar-refractivity contribution < 1.29 is 10.4 Å². The average molecular weight is 263 g/mol. The van der Waals surface area contributed by atoms with Gasteiger partial charge >= 0.3 is 0 Å². The lowest BCUT2D eigenvalue weighted by Crippen LogP contribution is -2.89. The second-order valence-electron chi connectivity index (χ2n) is 3.58. The lowest BCUT2D eigenvalue weighted by atomic mass is 10.2. The highest BCUT2D eigenvalue weighted by molar-refractivity contribution is 5.78. The molecule has 0 aliphatic heterocycles. The van der Waals surface area contributed by atoms with Crippen LogP contribution in [0.2, 0.25) is 0 Å². The van der Waals surface area contributed by atoms with E-state index in [1.54, 1.807) is 5.32 Å². The molecule has 19 heavy (non-hydrogen) atoms. The number of nitrogens with zero attached hydrogens (tertiary/aromatic N) is 2. The highest BCUT2D eigenvalue weighted by Crippen LogP contribution is 2.10. The van der Waals surface area contributed by atoms with Crippen molar-refractivity contribution in [3.05, 3.63) is 57.4 Å². The number of fused-ring (bicyclic) bond motifs is 1. The molecule has 0 fully saturated rings. The minimum atomic E-state index is -1.75. The van der Waals surface area contributed by atoms with E-state index in [1.165, 1.54) is 0 Å². The second kappa shape index (κ2) is 6.87. The van der Waals surface area contributed by atoms with E-state index in [9.17, 15) is 0 Å². The molecule has 5 N–H and O–H groups in total. The maximum absolute atomic E-state index is 8.25. The minimum absolute atomic E-state index is 0.0879. The van der Waals surface area contributed by atoms with Crippen LogP contribution >= 0.6 is 0 Å². The number of rotatable bonds is 2. The van der Waals surface area contributed by atoms with E-state index in [0.29, 0.717) is 6.54 Å². The van der Waals surface area contributed by atoms with Crippen molar-refractivity contribution in [1.29, 1.82) is 5.41 Å². The first-order valence-electron chi connectivity index (χ1n) is 5.32. The van der Waals surface area contributed by atoms with Crippen LogP contribution in [0.25, 0.3) is 10.9 Å². The Morgan fingerprint density at radius 2 is 1.95 bits per heavy atom. The summed E-state index contributed by atoms with van der Waals surface area (Å²) in [5.41, 5.74) is 7.17. The van der Waals surface area contributed by atoms with Gasteiger partial charge in [0.15, 0.2) is 0 Å². The van der Waals surface area contributed by atoms with Crippen LogP contribution in [0.1, 0.15) is 5.69 Å². The van der Waals surface area contributed by atoms with Crippen molar-refractivity contribution in [2.24, 2.45) is 5.73 Å². The molecule has 0 aliphatic carbocycles. The standard InChI is InChI=1S/C11H12N4.NO3/c12-11(13)14-7-9-6-5-8-3-1-2-4-10(8)15-9;2-1(3)4/h1-6H,7H2,(H4,12,13,14);/q;-1/p+1. The van der Waals surface area contributed by atoms with Crippen LogP contribution in [-0.4, -0.2) is 16.0 Å². The Bertz CT molecular complexity index is 583. The van der Waals surface area contributed by atoms with Gasteiger partial charge in [-0.1, -0.05) is 24.3 Å². The SMILES string of the molecule is N=C(N)[NH2+]Cc1ccc2ccccc2n1.O=[N+]([O-])[O-]. The van der Waals surface area contributed by atoms with E-state index in [1.807, 2.05) is 36.4 Å². The quantitative estimate of drug-likeness (QED) is 0.301. The Morgan fingerprint density at radius 3 is 2.58 bits per heavy atom. The molecule has 2 aromatic rings. The fourth-order valence-corrected chi connectivity index (χ4v) is 1.44. The molecule has 8 heteroatoms. The molecule has 100 valence electrons. The zero-order chi connectivity index (χ0) is 14.3. The smallest absolute Gasteiger partial charge is 0.289 e. The summed E-state index contributed by atoms with van der Waals surface area (Å²) in [6.07, 6.45) is 0. The molecule has 0 atom stereocenters. The largest absolute Gasteiger partial charge is 0.356 e.